The number of benzene rings is 1. The van der Waals surface area contributed by atoms with Crippen LogP contribution in [0.15, 0.2) is 24.3 Å². The van der Waals surface area contributed by atoms with E-state index in [1.54, 1.807) is 0 Å². The molecule has 0 aliphatic rings. The minimum absolute atomic E-state index is 0.0567. The van der Waals surface area contributed by atoms with E-state index in [0.29, 0.717) is 5.92 Å². The van der Waals surface area contributed by atoms with E-state index in [1.807, 2.05) is 13.0 Å². The maximum absolute atomic E-state index is 5.59. The second-order valence-corrected chi connectivity index (χ2v) is 4.36. The van der Waals surface area contributed by atoms with E-state index < -0.39 is 0 Å². The van der Waals surface area contributed by atoms with Gasteiger partial charge in [-0.1, -0.05) is 37.8 Å². The second kappa shape index (κ2) is 5.58. The Morgan fingerprint density at radius 2 is 2.00 bits per heavy atom. The highest BCUT2D eigenvalue weighted by atomic mass is 14.6. The molecule has 0 bridgehead atoms. The first-order valence-corrected chi connectivity index (χ1v) is 5.44. The lowest BCUT2D eigenvalue weighted by molar-refractivity contribution is 0.647. The fourth-order valence-corrected chi connectivity index (χ4v) is 1.44. The van der Waals surface area contributed by atoms with Crippen LogP contribution in [0.1, 0.15) is 31.9 Å². The van der Waals surface area contributed by atoms with Gasteiger partial charge in [-0.15, -0.1) is 0 Å². The summed E-state index contributed by atoms with van der Waals surface area (Å²) in [6, 6.07) is 8.33. The molecule has 15 heavy (non-hydrogen) atoms. The standard InChI is InChI=1S/C14H19N/c1-11(2)9-14-6-4-5-13(10-14)8-7-12(3)15/h4-6,10-12H,9,15H2,1-3H3. The van der Waals surface area contributed by atoms with Crippen LogP contribution >= 0.6 is 0 Å². The third-order valence-electron chi connectivity index (χ3n) is 2.02. The average Bonchev–Trinajstić information content (AvgIpc) is 2.14. The van der Waals surface area contributed by atoms with Crippen molar-refractivity contribution in [3.05, 3.63) is 35.4 Å². The maximum atomic E-state index is 5.59. The van der Waals surface area contributed by atoms with Gasteiger partial charge in [0.25, 0.3) is 0 Å². The zero-order chi connectivity index (χ0) is 11.3. The third-order valence-corrected chi connectivity index (χ3v) is 2.02. The van der Waals surface area contributed by atoms with E-state index in [2.05, 4.69) is 43.9 Å². The summed E-state index contributed by atoms with van der Waals surface area (Å²) in [5.41, 5.74) is 7.99. The Bertz CT molecular complexity index is 366. The van der Waals surface area contributed by atoms with E-state index in [4.69, 9.17) is 5.73 Å². The Morgan fingerprint density at radius 3 is 2.60 bits per heavy atom. The molecule has 0 radical (unpaired) electrons. The first-order valence-electron chi connectivity index (χ1n) is 5.44. The zero-order valence-electron chi connectivity index (χ0n) is 9.75. The number of hydrogen-bond acceptors (Lipinski definition) is 1. The summed E-state index contributed by atoms with van der Waals surface area (Å²) < 4.78 is 0. The molecular weight excluding hydrogens is 182 g/mol. The SMILES string of the molecule is CC(N)C#Cc1cccc(CC(C)C)c1. The summed E-state index contributed by atoms with van der Waals surface area (Å²) in [6.07, 6.45) is 1.10. The molecule has 0 saturated heterocycles. The van der Waals surface area contributed by atoms with Gasteiger partial charge in [0.2, 0.25) is 0 Å². The normalized spacial score (nSPS) is 12.1. The summed E-state index contributed by atoms with van der Waals surface area (Å²) in [6.45, 7) is 6.34. The molecule has 0 aliphatic carbocycles. The maximum Gasteiger partial charge on any atom is 0.0639 e. The van der Waals surface area contributed by atoms with E-state index in [1.165, 1.54) is 5.56 Å². The van der Waals surface area contributed by atoms with Gasteiger partial charge >= 0.3 is 0 Å². The van der Waals surface area contributed by atoms with Crippen molar-refractivity contribution in [2.45, 2.75) is 33.2 Å². The van der Waals surface area contributed by atoms with E-state index in [9.17, 15) is 0 Å². The first kappa shape index (κ1) is 11.8. The Morgan fingerprint density at radius 1 is 1.27 bits per heavy atom. The molecule has 1 rings (SSSR count). The quantitative estimate of drug-likeness (QED) is 0.731. The predicted octanol–water partition coefficient (Wildman–Crippen LogP) is 2.58. The smallest absolute Gasteiger partial charge is 0.0639 e. The molecule has 0 aliphatic heterocycles. The average molecular weight is 201 g/mol. The lowest BCUT2D eigenvalue weighted by Crippen LogP contribution is -2.10. The summed E-state index contributed by atoms with van der Waals surface area (Å²) in [5.74, 6) is 6.73. The Hall–Kier alpha value is -1.26. The van der Waals surface area contributed by atoms with Crippen molar-refractivity contribution >= 4 is 0 Å². The summed E-state index contributed by atoms with van der Waals surface area (Å²) in [7, 11) is 0. The van der Waals surface area contributed by atoms with Crippen LogP contribution in [0.4, 0.5) is 0 Å². The molecule has 0 fully saturated rings. The number of hydrogen-bond donors (Lipinski definition) is 1. The van der Waals surface area contributed by atoms with Crippen LogP contribution in [0.3, 0.4) is 0 Å². The van der Waals surface area contributed by atoms with Gasteiger partial charge in [0.15, 0.2) is 0 Å². The molecule has 1 aromatic rings. The van der Waals surface area contributed by atoms with Crippen LogP contribution in [0.5, 0.6) is 0 Å². The molecule has 2 N–H and O–H groups in total. The van der Waals surface area contributed by atoms with Gasteiger partial charge < -0.3 is 5.73 Å². The largest absolute Gasteiger partial charge is 0.318 e. The van der Waals surface area contributed by atoms with Gasteiger partial charge in [-0.2, -0.15) is 0 Å². The molecule has 1 nitrogen and oxygen atoms in total. The van der Waals surface area contributed by atoms with Crippen molar-refractivity contribution < 1.29 is 0 Å². The van der Waals surface area contributed by atoms with Crippen molar-refractivity contribution in [2.75, 3.05) is 0 Å². The predicted molar refractivity (Wildman–Crippen MR) is 65.5 cm³/mol. The van der Waals surface area contributed by atoms with Crippen molar-refractivity contribution in [1.29, 1.82) is 0 Å². The van der Waals surface area contributed by atoms with E-state index in [0.717, 1.165) is 12.0 Å². The van der Waals surface area contributed by atoms with Crippen molar-refractivity contribution in [2.24, 2.45) is 11.7 Å². The van der Waals surface area contributed by atoms with E-state index >= 15 is 0 Å². The molecule has 1 atom stereocenters. The Balaban J connectivity index is 2.80. The lowest BCUT2D eigenvalue weighted by atomic mass is 10.0. The van der Waals surface area contributed by atoms with Gasteiger partial charge in [-0.3, -0.25) is 0 Å². The number of rotatable bonds is 2. The zero-order valence-corrected chi connectivity index (χ0v) is 9.75. The molecule has 1 aromatic carbocycles. The van der Waals surface area contributed by atoms with Crippen molar-refractivity contribution in [3.8, 4) is 11.8 Å². The van der Waals surface area contributed by atoms with Crippen LogP contribution in [0.25, 0.3) is 0 Å². The summed E-state index contributed by atoms with van der Waals surface area (Å²) in [5, 5.41) is 0. The summed E-state index contributed by atoms with van der Waals surface area (Å²) >= 11 is 0. The second-order valence-electron chi connectivity index (χ2n) is 4.36. The molecular formula is C14H19N. The van der Waals surface area contributed by atoms with Crippen LogP contribution < -0.4 is 5.73 Å². The highest BCUT2D eigenvalue weighted by molar-refractivity contribution is 5.37. The molecule has 0 aromatic heterocycles. The van der Waals surface area contributed by atoms with Crippen LogP contribution in [0.2, 0.25) is 0 Å². The highest BCUT2D eigenvalue weighted by Gasteiger charge is 1.97. The van der Waals surface area contributed by atoms with Crippen LogP contribution in [-0.4, -0.2) is 6.04 Å². The molecule has 1 unspecified atom stereocenters. The van der Waals surface area contributed by atoms with Gasteiger partial charge in [-0.05, 0) is 37.0 Å². The topological polar surface area (TPSA) is 26.0 Å². The van der Waals surface area contributed by atoms with Crippen molar-refractivity contribution in [1.82, 2.24) is 0 Å². The van der Waals surface area contributed by atoms with Crippen LogP contribution in [-0.2, 0) is 6.42 Å². The van der Waals surface area contributed by atoms with E-state index in [-0.39, 0.29) is 6.04 Å². The molecule has 0 spiro atoms. The lowest BCUT2D eigenvalue weighted by Gasteiger charge is -2.04. The number of nitrogens with two attached hydrogens (primary N) is 1. The van der Waals surface area contributed by atoms with Crippen LogP contribution in [0, 0.1) is 17.8 Å². The molecule has 80 valence electrons. The Kier molecular flexibility index (Phi) is 4.39. The summed E-state index contributed by atoms with van der Waals surface area (Å²) in [4.78, 5) is 0. The monoisotopic (exact) mass is 201 g/mol. The van der Waals surface area contributed by atoms with Gasteiger partial charge in [0, 0.05) is 5.56 Å². The fourth-order valence-electron chi connectivity index (χ4n) is 1.44. The van der Waals surface area contributed by atoms with Gasteiger partial charge in [0.05, 0.1) is 6.04 Å². The molecule has 0 heterocycles. The van der Waals surface area contributed by atoms with Gasteiger partial charge in [0.1, 0.15) is 0 Å². The molecule has 1 heteroatoms. The molecule has 0 amide bonds. The minimum atomic E-state index is -0.0567. The highest BCUT2D eigenvalue weighted by Crippen LogP contribution is 2.09. The fraction of sp³-hybridized carbons (Fsp3) is 0.429. The minimum Gasteiger partial charge on any atom is -0.318 e. The van der Waals surface area contributed by atoms with Gasteiger partial charge in [-0.25, -0.2) is 0 Å². The first-order chi connectivity index (χ1) is 7.08. The molecule has 0 saturated carbocycles. The Labute approximate surface area is 92.7 Å². The van der Waals surface area contributed by atoms with Crippen molar-refractivity contribution in [3.63, 3.8) is 0 Å². The third kappa shape index (κ3) is 4.67.